The SMILES string of the molecule is COC(=O)CC(c1cc(OC)c(OC)c(OC)c1)c1c(O)cc(O)c2c(=O)cc(-c3ccccc3)oc12. The molecule has 0 aliphatic rings. The summed E-state index contributed by atoms with van der Waals surface area (Å²) in [6.45, 7) is 0. The van der Waals surface area contributed by atoms with E-state index in [0.29, 0.717) is 28.4 Å². The van der Waals surface area contributed by atoms with Crippen molar-refractivity contribution in [3.8, 4) is 40.1 Å². The highest BCUT2D eigenvalue weighted by Gasteiger charge is 2.30. The molecular formula is C28H26O9. The van der Waals surface area contributed by atoms with Crippen LogP contribution in [0.2, 0.25) is 0 Å². The molecule has 1 atom stereocenters. The van der Waals surface area contributed by atoms with Gasteiger partial charge in [0.05, 0.1) is 34.9 Å². The molecule has 1 heterocycles. The average Bonchev–Trinajstić information content (AvgIpc) is 2.91. The molecule has 0 amide bonds. The standard InChI is InChI=1S/C28H26O9/c1-33-22-10-16(11-23(34-2)27(22)36-4)17(12-24(32)35-3)25-18(29)13-19(30)26-20(31)14-21(37-28(25)26)15-8-6-5-7-9-15/h5-11,13-14,17,29-30H,12H2,1-4H3. The van der Waals surface area contributed by atoms with Gasteiger partial charge in [-0.15, -0.1) is 0 Å². The first-order valence-corrected chi connectivity index (χ1v) is 11.3. The lowest BCUT2D eigenvalue weighted by molar-refractivity contribution is -0.140. The Morgan fingerprint density at radius 1 is 0.892 bits per heavy atom. The van der Waals surface area contributed by atoms with E-state index < -0.39 is 23.1 Å². The number of aromatic hydroxyl groups is 2. The molecule has 0 aliphatic carbocycles. The quantitative estimate of drug-likeness (QED) is 0.330. The average molecular weight is 507 g/mol. The van der Waals surface area contributed by atoms with Crippen molar-refractivity contribution in [3.05, 3.63) is 75.9 Å². The second-order valence-electron chi connectivity index (χ2n) is 8.17. The Balaban J connectivity index is 2.07. The third-order valence-corrected chi connectivity index (χ3v) is 6.09. The highest BCUT2D eigenvalue weighted by atomic mass is 16.5. The second kappa shape index (κ2) is 10.5. The van der Waals surface area contributed by atoms with Crippen LogP contribution in [-0.2, 0) is 9.53 Å². The van der Waals surface area contributed by atoms with E-state index in [9.17, 15) is 19.8 Å². The van der Waals surface area contributed by atoms with Crippen LogP contribution in [0.5, 0.6) is 28.7 Å². The third kappa shape index (κ3) is 4.75. The van der Waals surface area contributed by atoms with E-state index in [-0.39, 0.29) is 34.5 Å². The topological polar surface area (TPSA) is 125 Å². The smallest absolute Gasteiger partial charge is 0.306 e. The van der Waals surface area contributed by atoms with Crippen LogP contribution in [0.4, 0.5) is 0 Å². The Morgan fingerprint density at radius 2 is 1.54 bits per heavy atom. The molecule has 4 aromatic rings. The van der Waals surface area contributed by atoms with Gasteiger partial charge in [-0.05, 0) is 17.7 Å². The summed E-state index contributed by atoms with van der Waals surface area (Å²) < 4.78 is 27.4. The van der Waals surface area contributed by atoms with Crippen LogP contribution in [0.15, 0.2) is 63.8 Å². The largest absolute Gasteiger partial charge is 0.507 e. The summed E-state index contributed by atoms with van der Waals surface area (Å²) in [5, 5.41) is 21.5. The summed E-state index contributed by atoms with van der Waals surface area (Å²) in [7, 11) is 5.62. The predicted molar refractivity (Wildman–Crippen MR) is 136 cm³/mol. The van der Waals surface area contributed by atoms with E-state index in [4.69, 9.17) is 23.4 Å². The molecule has 0 bridgehead atoms. The summed E-state index contributed by atoms with van der Waals surface area (Å²) in [5.74, 6) is -1.09. The first kappa shape index (κ1) is 25.4. The summed E-state index contributed by atoms with van der Waals surface area (Å²) in [6.07, 6.45) is -0.234. The van der Waals surface area contributed by atoms with Gasteiger partial charge < -0.3 is 33.6 Å². The lowest BCUT2D eigenvalue weighted by Gasteiger charge is -2.22. The van der Waals surface area contributed by atoms with Crippen LogP contribution in [0.1, 0.15) is 23.5 Å². The Hall–Kier alpha value is -4.66. The maximum absolute atomic E-state index is 13.1. The molecule has 0 spiro atoms. The van der Waals surface area contributed by atoms with Crippen molar-refractivity contribution in [3.63, 3.8) is 0 Å². The van der Waals surface area contributed by atoms with Gasteiger partial charge in [-0.2, -0.15) is 0 Å². The zero-order chi connectivity index (χ0) is 26.7. The first-order chi connectivity index (χ1) is 17.8. The molecule has 1 unspecified atom stereocenters. The molecule has 3 aromatic carbocycles. The van der Waals surface area contributed by atoms with Crippen LogP contribution in [0, 0.1) is 0 Å². The van der Waals surface area contributed by atoms with Crippen LogP contribution in [0.25, 0.3) is 22.3 Å². The van der Waals surface area contributed by atoms with Gasteiger partial charge in [0.25, 0.3) is 0 Å². The number of carbonyl (C=O) groups excluding carboxylic acids is 1. The normalized spacial score (nSPS) is 11.7. The molecular weight excluding hydrogens is 480 g/mol. The number of rotatable bonds is 8. The molecule has 37 heavy (non-hydrogen) atoms. The number of methoxy groups -OCH3 is 4. The molecule has 1 aromatic heterocycles. The van der Waals surface area contributed by atoms with Gasteiger partial charge in [0.1, 0.15) is 28.2 Å². The van der Waals surface area contributed by atoms with E-state index in [1.54, 1.807) is 36.4 Å². The van der Waals surface area contributed by atoms with Crippen molar-refractivity contribution in [2.75, 3.05) is 28.4 Å². The fraction of sp³-hybridized carbons (Fsp3) is 0.214. The lowest BCUT2D eigenvalue weighted by Crippen LogP contribution is -2.13. The minimum Gasteiger partial charge on any atom is -0.507 e. The van der Waals surface area contributed by atoms with Gasteiger partial charge in [-0.1, -0.05) is 30.3 Å². The maximum Gasteiger partial charge on any atom is 0.306 e. The van der Waals surface area contributed by atoms with Crippen LogP contribution in [-0.4, -0.2) is 44.6 Å². The minimum atomic E-state index is -0.890. The third-order valence-electron chi connectivity index (χ3n) is 6.09. The van der Waals surface area contributed by atoms with Gasteiger partial charge in [0, 0.05) is 29.2 Å². The van der Waals surface area contributed by atoms with Crippen molar-refractivity contribution < 1.29 is 38.4 Å². The number of carbonyl (C=O) groups is 1. The Morgan fingerprint density at radius 3 is 2.11 bits per heavy atom. The summed E-state index contributed by atoms with van der Waals surface area (Å²) in [5.41, 5.74) is 0.636. The first-order valence-electron chi connectivity index (χ1n) is 11.3. The molecule has 192 valence electrons. The highest BCUT2D eigenvalue weighted by Crippen LogP contribution is 2.46. The van der Waals surface area contributed by atoms with Gasteiger partial charge in [0.2, 0.25) is 5.75 Å². The van der Waals surface area contributed by atoms with E-state index in [1.165, 1.54) is 34.5 Å². The van der Waals surface area contributed by atoms with Crippen molar-refractivity contribution in [1.82, 2.24) is 0 Å². The van der Waals surface area contributed by atoms with Gasteiger partial charge in [-0.3, -0.25) is 9.59 Å². The molecule has 9 heteroatoms. The fourth-order valence-corrected chi connectivity index (χ4v) is 4.34. The van der Waals surface area contributed by atoms with E-state index in [1.807, 2.05) is 6.07 Å². The molecule has 2 N–H and O–H groups in total. The summed E-state index contributed by atoms with van der Waals surface area (Å²) in [6, 6.07) is 14.5. The van der Waals surface area contributed by atoms with Gasteiger partial charge in [0.15, 0.2) is 16.9 Å². The zero-order valence-corrected chi connectivity index (χ0v) is 20.7. The van der Waals surface area contributed by atoms with Crippen LogP contribution < -0.4 is 19.6 Å². The van der Waals surface area contributed by atoms with E-state index in [2.05, 4.69) is 0 Å². The molecule has 0 radical (unpaired) electrons. The monoisotopic (exact) mass is 506 g/mol. The van der Waals surface area contributed by atoms with E-state index in [0.717, 1.165) is 6.07 Å². The lowest BCUT2D eigenvalue weighted by atomic mass is 9.86. The van der Waals surface area contributed by atoms with Crippen molar-refractivity contribution >= 4 is 16.9 Å². The Bertz CT molecular complexity index is 1480. The number of fused-ring (bicyclic) bond motifs is 1. The molecule has 0 fully saturated rings. The number of hydrogen-bond donors (Lipinski definition) is 2. The van der Waals surface area contributed by atoms with Crippen molar-refractivity contribution in [1.29, 1.82) is 0 Å². The number of ether oxygens (including phenoxy) is 4. The Kier molecular flexibility index (Phi) is 7.24. The predicted octanol–water partition coefficient (Wildman–Crippen LogP) is 4.59. The fourth-order valence-electron chi connectivity index (χ4n) is 4.34. The zero-order valence-electron chi connectivity index (χ0n) is 20.7. The second-order valence-corrected chi connectivity index (χ2v) is 8.17. The minimum absolute atomic E-state index is 0.0634. The molecule has 4 rings (SSSR count). The molecule has 0 saturated carbocycles. The highest BCUT2D eigenvalue weighted by molar-refractivity contribution is 5.90. The van der Waals surface area contributed by atoms with Crippen LogP contribution >= 0.6 is 0 Å². The van der Waals surface area contributed by atoms with Gasteiger partial charge >= 0.3 is 5.97 Å². The number of phenolic OH excluding ortho intramolecular Hbond substituents is 2. The number of phenols is 2. The Labute approximate surface area is 212 Å². The summed E-state index contributed by atoms with van der Waals surface area (Å²) in [4.78, 5) is 25.7. The van der Waals surface area contributed by atoms with Crippen LogP contribution in [0.3, 0.4) is 0 Å². The molecule has 0 aliphatic heterocycles. The number of esters is 1. The molecule has 0 saturated heterocycles. The van der Waals surface area contributed by atoms with Crippen molar-refractivity contribution in [2.24, 2.45) is 0 Å². The summed E-state index contributed by atoms with van der Waals surface area (Å²) >= 11 is 0. The number of benzene rings is 3. The van der Waals surface area contributed by atoms with Gasteiger partial charge in [-0.25, -0.2) is 0 Å². The van der Waals surface area contributed by atoms with Crippen molar-refractivity contribution in [2.45, 2.75) is 12.3 Å². The van der Waals surface area contributed by atoms with E-state index >= 15 is 0 Å². The maximum atomic E-state index is 13.1. The molecule has 9 nitrogen and oxygen atoms in total. The number of hydrogen-bond acceptors (Lipinski definition) is 9.